The number of rotatable bonds is 7. The lowest BCUT2D eigenvalue weighted by molar-refractivity contribution is -0.105. The van der Waals surface area contributed by atoms with Crippen molar-refractivity contribution in [2.24, 2.45) is 7.05 Å². The van der Waals surface area contributed by atoms with Crippen molar-refractivity contribution in [3.05, 3.63) is 65.2 Å². The Labute approximate surface area is 182 Å². The summed E-state index contributed by atoms with van der Waals surface area (Å²) in [5.74, 6) is 2.40. The monoisotopic (exact) mass is 433 g/mol. The van der Waals surface area contributed by atoms with Crippen LogP contribution in [0.1, 0.15) is 6.92 Å². The highest BCUT2D eigenvalue weighted by atomic mass is 32.2. The van der Waals surface area contributed by atoms with Crippen LogP contribution < -0.4 is 15.6 Å². The molecule has 0 spiro atoms. The van der Waals surface area contributed by atoms with Crippen molar-refractivity contribution in [2.75, 3.05) is 11.1 Å². The second-order valence-electron chi connectivity index (χ2n) is 6.54. The first kappa shape index (κ1) is 20.5. The molecule has 0 unspecified atom stereocenters. The summed E-state index contributed by atoms with van der Waals surface area (Å²) in [5.41, 5.74) is 1.63. The van der Waals surface area contributed by atoms with E-state index in [-0.39, 0.29) is 5.56 Å². The third kappa shape index (κ3) is 4.41. The van der Waals surface area contributed by atoms with Gasteiger partial charge in [-0.25, -0.2) is 15.0 Å². The molecule has 31 heavy (non-hydrogen) atoms. The molecule has 9 heteroatoms. The van der Waals surface area contributed by atoms with Crippen LogP contribution >= 0.6 is 11.8 Å². The smallest absolute Gasteiger partial charge is 0.263 e. The summed E-state index contributed by atoms with van der Waals surface area (Å²) in [7, 11) is 1.72. The predicted molar refractivity (Wildman–Crippen MR) is 121 cm³/mol. The fourth-order valence-electron chi connectivity index (χ4n) is 3.04. The van der Waals surface area contributed by atoms with Gasteiger partial charge in [0.2, 0.25) is 6.41 Å². The lowest BCUT2D eigenvalue weighted by Crippen LogP contribution is -2.21. The first-order valence-electron chi connectivity index (χ1n) is 9.53. The molecule has 0 aliphatic carbocycles. The van der Waals surface area contributed by atoms with Crippen molar-refractivity contribution in [2.45, 2.75) is 12.1 Å². The number of amides is 1. The number of ether oxygens (including phenoxy) is 1. The number of thioether (sulfide) groups is 1. The summed E-state index contributed by atoms with van der Waals surface area (Å²) in [5, 5.41) is 4.04. The zero-order valence-corrected chi connectivity index (χ0v) is 17.7. The van der Waals surface area contributed by atoms with E-state index in [0.717, 1.165) is 16.7 Å². The zero-order chi connectivity index (χ0) is 21.8. The Bertz CT molecular complexity index is 1320. The van der Waals surface area contributed by atoms with Gasteiger partial charge in [-0.15, -0.1) is 0 Å². The summed E-state index contributed by atoms with van der Waals surface area (Å²) >= 11 is 1.52. The van der Waals surface area contributed by atoms with Crippen molar-refractivity contribution in [3.8, 4) is 22.8 Å². The fourth-order valence-corrected chi connectivity index (χ4v) is 3.70. The standard InChI is InChI=1S/C22H19N5O3S/c1-3-31-22-24-12-17(21(29)27(22)2)19-6-4-14-10-15(5-7-18(14)26-19)30-16-8-9-23-20(11-16)25-13-28/h4-13H,3H2,1-2H3,(H,23,25,28). The molecule has 4 rings (SSSR count). The van der Waals surface area contributed by atoms with Gasteiger partial charge in [0, 0.05) is 30.9 Å². The second-order valence-corrected chi connectivity index (χ2v) is 7.77. The highest BCUT2D eigenvalue weighted by Gasteiger charge is 2.11. The average Bonchev–Trinajstić information content (AvgIpc) is 2.77. The number of hydrogen-bond donors (Lipinski definition) is 1. The van der Waals surface area contributed by atoms with Crippen molar-refractivity contribution in [3.63, 3.8) is 0 Å². The number of anilines is 1. The number of benzene rings is 1. The summed E-state index contributed by atoms with van der Waals surface area (Å²) in [6, 6.07) is 12.5. The molecular formula is C22H19N5O3S. The van der Waals surface area contributed by atoms with Gasteiger partial charge >= 0.3 is 0 Å². The fraction of sp³-hybridized carbons (Fsp3) is 0.136. The summed E-state index contributed by atoms with van der Waals surface area (Å²) < 4.78 is 7.42. The molecule has 0 atom stereocenters. The predicted octanol–water partition coefficient (Wildman–Crippen LogP) is 3.86. The Hall–Kier alpha value is -3.72. The molecule has 0 aliphatic rings. The van der Waals surface area contributed by atoms with Crippen molar-refractivity contribution in [1.29, 1.82) is 0 Å². The third-order valence-electron chi connectivity index (χ3n) is 4.51. The lowest BCUT2D eigenvalue weighted by Gasteiger charge is -2.10. The largest absolute Gasteiger partial charge is 0.457 e. The zero-order valence-electron chi connectivity index (χ0n) is 16.9. The molecule has 0 saturated heterocycles. The van der Waals surface area contributed by atoms with E-state index in [4.69, 9.17) is 4.74 Å². The van der Waals surface area contributed by atoms with Crippen LogP contribution in [-0.4, -0.2) is 31.7 Å². The Morgan fingerprint density at radius 3 is 2.77 bits per heavy atom. The highest BCUT2D eigenvalue weighted by molar-refractivity contribution is 7.99. The number of nitrogens with one attached hydrogen (secondary N) is 1. The van der Waals surface area contributed by atoms with Crippen LogP contribution in [0.2, 0.25) is 0 Å². The topological polar surface area (TPSA) is 99.0 Å². The van der Waals surface area contributed by atoms with E-state index in [2.05, 4.69) is 20.3 Å². The molecule has 3 heterocycles. The third-order valence-corrected chi connectivity index (χ3v) is 5.44. The molecule has 0 saturated carbocycles. The van der Waals surface area contributed by atoms with E-state index < -0.39 is 0 Å². The Morgan fingerprint density at radius 1 is 1.13 bits per heavy atom. The normalized spacial score (nSPS) is 10.8. The average molecular weight is 433 g/mol. The lowest BCUT2D eigenvalue weighted by atomic mass is 10.1. The Kier molecular flexibility index (Phi) is 5.94. The van der Waals surface area contributed by atoms with Gasteiger partial charge in [0.1, 0.15) is 17.3 Å². The molecule has 0 bridgehead atoms. The number of carbonyl (C=O) groups excluding carboxylic acids is 1. The van der Waals surface area contributed by atoms with E-state index in [1.807, 2.05) is 25.1 Å². The quantitative estimate of drug-likeness (QED) is 0.268. The number of fused-ring (bicyclic) bond motifs is 1. The van der Waals surface area contributed by atoms with Crippen LogP contribution in [0.4, 0.5) is 5.82 Å². The van der Waals surface area contributed by atoms with E-state index in [0.29, 0.717) is 40.1 Å². The van der Waals surface area contributed by atoms with Crippen LogP contribution in [0.15, 0.2) is 64.8 Å². The summed E-state index contributed by atoms with van der Waals surface area (Å²) in [4.78, 5) is 36.4. The van der Waals surface area contributed by atoms with Crippen LogP contribution in [0.25, 0.3) is 22.2 Å². The molecule has 8 nitrogen and oxygen atoms in total. The molecule has 156 valence electrons. The molecule has 1 aromatic carbocycles. The Balaban J connectivity index is 1.63. The van der Waals surface area contributed by atoms with Gasteiger partial charge in [-0.05, 0) is 36.1 Å². The molecule has 4 aromatic rings. The number of carbonyl (C=O) groups is 1. The summed E-state index contributed by atoms with van der Waals surface area (Å²) in [6.07, 6.45) is 3.69. The number of pyridine rings is 2. The van der Waals surface area contributed by atoms with Crippen molar-refractivity contribution < 1.29 is 9.53 Å². The minimum Gasteiger partial charge on any atom is -0.457 e. The number of aromatic nitrogens is 4. The van der Waals surface area contributed by atoms with Crippen LogP contribution in [-0.2, 0) is 11.8 Å². The van der Waals surface area contributed by atoms with Gasteiger partial charge in [0.05, 0.1) is 16.8 Å². The van der Waals surface area contributed by atoms with E-state index in [9.17, 15) is 9.59 Å². The first-order valence-corrected chi connectivity index (χ1v) is 10.5. The number of hydrogen-bond acceptors (Lipinski definition) is 7. The molecule has 0 fully saturated rings. The maximum Gasteiger partial charge on any atom is 0.263 e. The second kappa shape index (κ2) is 8.97. The van der Waals surface area contributed by atoms with Crippen LogP contribution in [0, 0.1) is 0 Å². The van der Waals surface area contributed by atoms with Crippen LogP contribution in [0.3, 0.4) is 0 Å². The summed E-state index contributed by atoms with van der Waals surface area (Å²) in [6.45, 7) is 2.02. The van der Waals surface area contributed by atoms with Crippen LogP contribution in [0.5, 0.6) is 11.5 Å². The number of nitrogens with zero attached hydrogens (tertiary/aromatic N) is 4. The van der Waals surface area contributed by atoms with E-state index >= 15 is 0 Å². The van der Waals surface area contributed by atoms with Gasteiger partial charge in [0.15, 0.2) is 5.16 Å². The van der Waals surface area contributed by atoms with Gasteiger partial charge in [-0.3, -0.25) is 14.2 Å². The van der Waals surface area contributed by atoms with E-state index in [1.54, 1.807) is 48.3 Å². The molecular weight excluding hydrogens is 414 g/mol. The molecule has 0 radical (unpaired) electrons. The van der Waals surface area contributed by atoms with Gasteiger partial charge in [0.25, 0.3) is 5.56 Å². The molecule has 3 aromatic heterocycles. The van der Waals surface area contributed by atoms with Gasteiger partial charge < -0.3 is 10.1 Å². The SMILES string of the molecule is CCSc1ncc(-c2ccc3cc(Oc4ccnc(NC=O)c4)ccc3n2)c(=O)n1C. The van der Waals surface area contributed by atoms with Gasteiger partial charge in [-0.1, -0.05) is 24.8 Å². The van der Waals surface area contributed by atoms with Gasteiger partial charge in [-0.2, -0.15) is 0 Å². The van der Waals surface area contributed by atoms with Crippen molar-refractivity contribution in [1.82, 2.24) is 19.5 Å². The molecule has 1 amide bonds. The minimum atomic E-state index is -0.129. The Morgan fingerprint density at radius 2 is 1.97 bits per heavy atom. The molecule has 0 aliphatic heterocycles. The highest BCUT2D eigenvalue weighted by Crippen LogP contribution is 2.27. The maximum atomic E-state index is 12.7. The minimum absolute atomic E-state index is 0.129. The van der Waals surface area contributed by atoms with E-state index in [1.165, 1.54) is 11.8 Å². The molecule has 1 N–H and O–H groups in total. The first-order chi connectivity index (χ1) is 15.1. The van der Waals surface area contributed by atoms with Crippen molar-refractivity contribution >= 4 is 34.9 Å². The maximum absolute atomic E-state index is 12.7.